The fourth-order valence-electron chi connectivity index (χ4n) is 1.89. The van der Waals surface area contributed by atoms with Crippen molar-refractivity contribution in [2.45, 2.75) is 19.8 Å². The van der Waals surface area contributed by atoms with Gasteiger partial charge in [-0.25, -0.2) is 0 Å². The van der Waals surface area contributed by atoms with Crippen LogP contribution in [0.25, 0.3) is 11.3 Å². The van der Waals surface area contributed by atoms with Gasteiger partial charge in [0.05, 0.1) is 7.11 Å². The van der Waals surface area contributed by atoms with Gasteiger partial charge in [-0.05, 0) is 18.1 Å². The number of anilines is 1. The molecule has 0 saturated carbocycles. The molecule has 0 spiro atoms. The second-order valence-electron chi connectivity index (χ2n) is 4.34. The minimum Gasteiger partial charge on any atom is -0.496 e. The molecule has 1 aromatic heterocycles. The smallest absolute Gasteiger partial charge is 0.169 e. The molecular formula is C13H15BrN2O2. The number of rotatable bonds is 3. The molecule has 18 heavy (non-hydrogen) atoms. The fourth-order valence-corrected chi connectivity index (χ4v) is 2.79. The SMILES string of the molecule is COc1cc(-c2cc(N)no2)cc(Br)c1C(C)C. The first kappa shape index (κ1) is 13.0. The van der Waals surface area contributed by atoms with Crippen LogP contribution in [0.15, 0.2) is 27.2 Å². The van der Waals surface area contributed by atoms with E-state index in [0.29, 0.717) is 17.5 Å². The third-order valence-corrected chi connectivity index (χ3v) is 3.36. The lowest BCUT2D eigenvalue weighted by molar-refractivity contribution is 0.406. The molecular weight excluding hydrogens is 296 g/mol. The van der Waals surface area contributed by atoms with Gasteiger partial charge in [0.15, 0.2) is 11.6 Å². The molecule has 0 radical (unpaired) electrons. The van der Waals surface area contributed by atoms with E-state index in [4.69, 9.17) is 15.0 Å². The zero-order valence-electron chi connectivity index (χ0n) is 10.5. The molecule has 0 atom stereocenters. The number of nitrogens with two attached hydrogens (primary N) is 1. The first-order chi connectivity index (χ1) is 8.52. The maximum Gasteiger partial charge on any atom is 0.169 e. The molecule has 4 nitrogen and oxygen atoms in total. The number of benzene rings is 1. The molecule has 2 rings (SSSR count). The highest BCUT2D eigenvalue weighted by molar-refractivity contribution is 9.10. The van der Waals surface area contributed by atoms with Crippen molar-refractivity contribution in [3.05, 3.63) is 28.2 Å². The maximum atomic E-state index is 5.55. The van der Waals surface area contributed by atoms with E-state index in [2.05, 4.69) is 34.9 Å². The summed E-state index contributed by atoms with van der Waals surface area (Å²) in [4.78, 5) is 0. The third-order valence-electron chi connectivity index (χ3n) is 2.70. The molecule has 2 N–H and O–H groups in total. The Kier molecular flexibility index (Phi) is 3.61. The number of nitrogens with zero attached hydrogens (tertiary/aromatic N) is 1. The largest absolute Gasteiger partial charge is 0.496 e. The molecule has 0 saturated heterocycles. The van der Waals surface area contributed by atoms with Crippen LogP contribution in [0, 0.1) is 0 Å². The van der Waals surface area contributed by atoms with Crippen LogP contribution >= 0.6 is 15.9 Å². The number of hydrogen-bond donors (Lipinski definition) is 1. The van der Waals surface area contributed by atoms with Crippen LogP contribution in [0.5, 0.6) is 5.75 Å². The van der Waals surface area contributed by atoms with Crippen LogP contribution in [0.3, 0.4) is 0 Å². The van der Waals surface area contributed by atoms with Crippen LogP contribution in [-0.4, -0.2) is 12.3 Å². The molecule has 0 aliphatic rings. The van der Waals surface area contributed by atoms with Gasteiger partial charge in [-0.2, -0.15) is 0 Å². The summed E-state index contributed by atoms with van der Waals surface area (Å²) in [6.07, 6.45) is 0. The molecule has 1 aromatic carbocycles. The average molecular weight is 311 g/mol. The van der Waals surface area contributed by atoms with Crippen molar-refractivity contribution in [2.75, 3.05) is 12.8 Å². The van der Waals surface area contributed by atoms with E-state index in [1.54, 1.807) is 13.2 Å². The van der Waals surface area contributed by atoms with E-state index in [-0.39, 0.29) is 0 Å². The van der Waals surface area contributed by atoms with Gasteiger partial charge in [-0.15, -0.1) is 0 Å². The molecule has 96 valence electrons. The number of hydrogen-bond acceptors (Lipinski definition) is 4. The summed E-state index contributed by atoms with van der Waals surface area (Å²) in [5.74, 6) is 2.18. The van der Waals surface area contributed by atoms with Crippen molar-refractivity contribution in [3.8, 4) is 17.1 Å². The van der Waals surface area contributed by atoms with Crippen molar-refractivity contribution in [2.24, 2.45) is 0 Å². The molecule has 5 heteroatoms. The quantitative estimate of drug-likeness (QED) is 0.936. The van der Waals surface area contributed by atoms with Crippen molar-refractivity contribution >= 4 is 21.7 Å². The van der Waals surface area contributed by atoms with Gasteiger partial charge in [-0.1, -0.05) is 34.9 Å². The molecule has 2 aromatic rings. The maximum absolute atomic E-state index is 5.55. The number of ether oxygens (including phenoxy) is 1. The van der Waals surface area contributed by atoms with Gasteiger partial charge in [0.1, 0.15) is 5.75 Å². The predicted molar refractivity (Wildman–Crippen MR) is 74.7 cm³/mol. The number of aromatic nitrogens is 1. The minimum atomic E-state index is 0.364. The van der Waals surface area contributed by atoms with Crippen molar-refractivity contribution in [1.82, 2.24) is 5.16 Å². The lowest BCUT2D eigenvalue weighted by Gasteiger charge is -2.15. The topological polar surface area (TPSA) is 61.3 Å². The van der Waals surface area contributed by atoms with Crippen molar-refractivity contribution in [1.29, 1.82) is 0 Å². The first-order valence-corrected chi connectivity index (χ1v) is 6.42. The average Bonchev–Trinajstić information content (AvgIpc) is 2.74. The highest BCUT2D eigenvalue weighted by atomic mass is 79.9. The summed E-state index contributed by atoms with van der Waals surface area (Å²) < 4.78 is 11.6. The van der Waals surface area contributed by atoms with Gasteiger partial charge in [0.25, 0.3) is 0 Å². The normalized spacial score (nSPS) is 10.9. The number of nitrogen functional groups attached to an aromatic ring is 1. The Hall–Kier alpha value is -1.49. The highest BCUT2D eigenvalue weighted by Gasteiger charge is 2.15. The molecule has 0 unspecified atom stereocenters. The van der Waals surface area contributed by atoms with Crippen LogP contribution in [0.4, 0.5) is 5.82 Å². The van der Waals surface area contributed by atoms with E-state index >= 15 is 0 Å². The first-order valence-electron chi connectivity index (χ1n) is 5.63. The molecule has 0 bridgehead atoms. The standard InChI is InChI=1S/C13H15BrN2O2/c1-7(2)13-9(14)4-8(5-11(13)17-3)10-6-12(15)16-18-10/h4-7H,1-3H3,(H2,15,16). The van der Waals surface area contributed by atoms with Gasteiger partial charge in [0.2, 0.25) is 0 Å². The van der Waals surface area contributed by atoms with Gasteiger partial charge < -0.3 is 15.0 Å². The Morgan fingerprint density at radius 3 is 2.56 bits per heavy atom. The number of methoxy groups -OCH3 is 1. The lowest BCUT2D eigenvalue weighted by atomic mass is 9.99. The Labute approximate surface area is 114 Å². The van der Waals surface area contributed by atoms with Crippen LogP contribution in [-0.2, 0) is 0 Å². The van der Waals surface area contributed by atoms with Gasteiger partial charge in [-0.3, -0.25) is 0 Å². The summed E-state index contributed by atoms with van der Waals surface area (Å²) in [6, 6.07) is 5.61. The second kappa shape index (κ2) is 5.02. The van der Waals surface area contributed by atoms with E-state index in [0.717, 1.165) is 21.3 Å². The minimum absolute atomic E-state index is 0.364. The Morgan fingerprint density at radius 2 is 2.06 bits per heavy atom. The van der Waals surface area contributed by atoms with Gasteiger partial charge in [0, 0.05) is 21.7 Å². The summed E-state index contributed by atoms with van der Waals surface area (Å²) >= 11 is 3.57. The third kappa shape index (κ3) is 2.36. The Morgan fingerprint density at radius 1 is 1.33 bits per heavy atom. The highest BCUT2D eigenvalue weighted by Crippen LogP contribution is 2.38. The van der Waals surface area contributed by atoms with Crippen LogP contribution in [0.1, 0.15) is 25.3 Å². The summed E-state index contributed by atoms with van der Waals surface area (Å²) in [6.45, 7) is 4.24. The summed E-state index contributed by atoms with van der Waals surface area (Å²) in [5, 5.41) is 3.68. The Bertz CT molecular complexity index is 564. The summed E-state index contributed by atoms with van der Waals surface area (Å²) in [7, 11) is 1.66. The number of halogens is 1. The Balaban J connectivity index is 2.55. The van der Waals surface area contributed by atoms with Crippen LogP contribution < -0.4 is 10.5 Å². The van der Waals surface area contributed by atoms with Crippen molar-refractivity contribution < 1.29 is 9.26 Å². The zero-order chi connectivity index (χ0) is 13.3. The molecule has 0 aliphatic carbocycles. The molecule has 0 aliphatic heterocycles. The van der Waals surface area contributed by atoms with Crippen LogP contribution in [0.2, 0.25) is 0 Å². The van der Waals surface area contributed by atoms with E-state index in [1.807, 2.05) is 12.1 Å². The molecule has 0 amide bonds. The van der Waals surface area contributed by atoms with E-state index < -0.39 is 0 Å². The predicted octanol–water partition coefficient (Wildman–Crippen LogP) is 3.82. The molecule has 1 heterocycles. The zero-order valence-corrected chi connectivity index (χ0v) is 12.1. The fraction of sp³-hybridized carbons (Fsp3) is 0.308. The molecule has 0 fully saturated rings. The lowest BCUT2D eigenvalue weighted by Crippen LogP contribution is -1.96. The van der Waals surface area contributed by atoms with Gasteiger partial charge >= 0.3 is 0 Å². The van der Waals surface area contributed by atoms with E-state index in [1.165, 1.54) is 0 Å². The van der Waals surface area contributed by atoms with Crippen molar-refractivity contribution in [3.63, 3.8) is 0 Å². The van der Waals surface area contributed by atoms with E-state index in [9.17, 15) is 0 Å². The monoisotopic (exact) mass is 310 g/mol. The summed E-state index contributed by atoms with van der Waals surface area (Å²) in [5.41, 5.74) is 7.57. The second-order valence-corrected chi connectivity index (χ2v) is 5.20.